The molecule has 7 heteroatoms. The maximum atomic E-state index is 12.3. The number of hydrogen-bond acceptors (Lipinski definition) is 4. The smallest absolute Gasteiger partial charge is 0.185 e. The molecular formula is C14H12ClN3O2S. The molecule has 1 heterocycles. The van der Waals surface area contributed by atoms with Crippen LogP contribution >= 0.6 is 11.6 Å². The van der Waals surface area contributed by atoms with Crippen LogP contribution in [-0.4, -0.2) is 18.4 Å². The Balaban J connectivity index is 1.95. The predicted octanol–water partition coefficient (Wildman–Crippen LogP) is 2.77. The Labute approximate surface area is 126 Å². The minimum Gasteiger partial charge on any atom is -0.399 e. The summed E-state index contributed by atoms with van der Waals surface area (Å²) in [4.78, 5) is 7.46. The molecule has 0 bridgehead atoms. The van der Waals surface area contributed by atoms with E-state index in [1.807, 2.05) is 0 Å². The number of nitrogens with one attached hydrogen (secondary N) is 1. The van der Waals surface area contributed by atoms with Crippen LogP contribution in [0.5, 0.6) is 0 Å². The normalized spacial score (nSPS) is 11.9. The van der Waals surface area contributed by atoms with E-state index in [0.29, 0.717) is 22.1 Å². The number of sulfone groups is 1. The summed E-state index contributed by atoms with van der Waals surface area (Å²) >= 11 is 5.77. The Morgan fingerprint density at radius 1 is 1.14 bits per heavy atom. The van der Waals surface area contributed by atoms with E-state index in [1.54, 1.807) is 30.3 Å². The van der Waals surface area contributed by atoms with E-state index in [0.717, 1.165) is 5.52 Å². The van der Waals surface area contributed by atoms with Gasteiger partial charge in [0.25, 0.3) is 0 Å². The number of aromatic nitrogens is 2. The summed E-state index contributed by atoms with van der Waals surface area (Å²) in [6.45, 7) is 0. The monoisotopic (exact) mass is 321 g/mol. The lowest BCUT2D eigenvalue weighted by Crippen LogP contribution is -2.06. The zero-order valence-electron chi connectivity index (χ0n) is 10.9. The Hall–Kier alpha value is -2.05. The highest BCUT2D eigenvalue weighted by molar-refractivity contribution is 7.90. The number of fused-ring (bicyclic) bond motifs is 1. The first-order chi connectivity index (χ1) is 9.94. The molecule has 3 aromatic rings. The highest BCUT2D eigenvalue weighted by Crippen LogP contribution is 2.20. The molecule has 3 rings (SSSR count). The molecule has 0 spiro atoms. The van der Waals surface area contributed by atoms with Gasteiger partial charge in [-0.25, -0.2) is 13.4 Å². The SMILES string of the molecule is Nc1ccc2nc(CS(=O)(=O)c3ccc(Cl)cc3)[nH]c2c1. The van der Waals surface area contributed by atoms with Crippen LogP contribution in [0.1, 0.15) is 5.82 Å². The molecular weight excluding hydrogens is 310 g/mol. The molecule has 2 aromatic carbocycles. The fourth-order valence-corrected chi connectivity index (χ4v) is 3.39. The van der Waals surface area contributed by atoms with Crippen LogP contribution in [0.25, 0.3) is 11.0 Å². The first kappa shape index (κ1) is 13.9. The molecule has 0 saturated heterocycles. The Morgan fingerprint density at radius 3 is 2.57 bits per heavy atom. The number of hydrogen-bond donors (Lipinski definition) is 2. The zero-order valence-corrected chi connectivity index (χ0v) is 12.4. The summed E-state index contributed by atoms with van der Waals surface area (Å²) in [5, 5.41) is 0.494. The maximum absolute atomic E-state index is 12.3. The fourth-order valence-electron chi connectivity index (χ4n) is 2.05. The molecule has 1 aromatic heterocycles. The lowest BCUT2D eigenvalue weighted by atomic mass is 10.3. The van der Waals surface area contributed by atoms with Gasteiger partial charge in [-0.2, -0.15) is 0 Å². The van der Waals surface area contributed by atoms with Gasteiger partial charge >= 0.3 is 0 Å². The molecule has 0 aliphatic heterocycles. The van der Waals surface area contributed by atoms with Crippen LogP contribution in [0.15, 0.2) is 47.4 Å². The van der Waals surface area contributed by atoms with Crippen LogP contribution in [0.2, 0.25) is 5.02 Å². The number of nitrogens with two attached hydrogens (primary N) is 1. The fraction of sp³-hybridized carbons (Fsp3) is 0.0714. The van der Waals surface area contributed by atoms with E-state index in [2.05, 4.69) is 9.97 Å². The lowest BCUT2D eigenvalue weighted by Gasteiger charge is -2.02. The standard InChI is InChI=1S/C14H12ClN3O2S/c15-9-1-4-11(5-2-9)21(19,20)8-14-17-12-6-3-10(16)7-13(12)18-14/h1-7H,8,16H2,(H,17,18). The highest BCUT2D eigenvalue weighted by atomic mass is 35.5. The van der Waals surface area contributed by atoms with Crippen molar-refractivity contribution < 1.29 is 8.42 Å². The number of H-pyrrole nitrogens is 1. The Bertz CT molecular complexity index is 902. The van der Waals surface area contributed by atoms with Crippen LogP contribution < -0.4 is 5.73 Å². The van der Waals surface area contributed by atoms with Gasteiger partial charge in [-0.1, -0.05) is 11.6 Å². The van der Waals surface area contributed by atoms with Gasteiger partial charge in [0.1, 0.15) is 11.6 Å². The van der Waals surface area contributed by atoms with E-state index in [9.17, 15) is 8.42 Å². The quantitative estimate of drug-likeness (QED) is 0.726. The van der Waals surface area contributed by atoms with Crippen LogP contribution in [-0.2, 0) is 15.6 Å². The van der Waals surface area contributed by atoms with Crippen molar-refractivity contribution in [3.8, 4) is 0 Å². The van der Waals surface area contributed by atoms with Crippen molar-refractivity contribution in [2.75, 3.05) is 5.73 Å². The molecule has 3 N–H and O–H groups in total. The summed E-state index contributed by atoms with van der Waals surface area (Å²) in [5.41, 5.74) is 7.69. The van der Waals surface area contributed by atoms with E-state index < -0.39 is 9.84 Å². The Kier molecular flexibility index (Phi) is 3.35. The first-order valence-electron chi connectivity index (χ1n) is 6.16. The van der Waals surface area contributed by atoms with Crippen molar-refractivity contribution in [3.05, 3.63) is 53.3 Å². The van der Waals surface area contributed by atoms with Gasteiger partial charge in [-0.3, -0.25) is 0 Å². The highest BCUT2D eigenvalue weighted by Gasteiger charge is 2.17. The molecule has 0 saturated carbocycles. The van der Waals surface area contributed by atoms with Crippen molar-refractivity contribution in [3.63, 3.8) is 0 Å². The largest absolute Gasteiger partial charge is 0.399 e. The zero-order chi connectivity index (χ0) is 15.0. The van der Waals surface area contributed by atoms with Gasteiger partial charge in [-0.15, -0.1) is 0 Å². The number of benzene rings is 2. The number of nitrogens with zero attached hydrogens (tertiary/aromatic N) is 1. The van der Waals surface area contributed by atoms with Crippen molar-refractivity contribution in [2.45, 2.75) is 10.6 Å². The van der Waals surface area contributed by atoms with Gasteiger partial charge in [0.2, 0.25) is 0 Å². The second-order valence-corrected chi connectivity index (χ2v) is 7.10. The van der Waals surface area contributed by atoms with Crippen molar-refractivity contribution in [1.82, 2.24) is 9.97 Å². The molecule has 5 nitrogen and oxygen atoms in total. The molecule has 0 aliphatic rings. The predicted molar refractivity (Wildman–Crippen MR) is 82.8 cm³/mol. The molecule has 0 unspecified atom stereocenters. The number of imidazole rings is 1. The van der Waals surface area contributed by atoms with Gasteiger partial charge < -0.3 is 10.7 Å². The number of rotatable bonds is 3. The minimum absolute atomic E-state index is 0.205. The second kappa shape index (κ2) is 5.05. The average Bonchev–Trinajstić information content (AvgIpc) is 2.79. The molecule has 0 aliphatic carbocycles. The summed E-state index contributed by atoms with van der Waals surface area (Å²) in [6, 6.07) is 11.3. The topological polar surface area (TPSA) is 88.8 Å². The summed E-state index contributed by atoms with van der Waals surface area (Å²) in [7, 11) is -3.47. The lowest BCUT2D eigenvalue weighted by molar-refractivity contribution is 0.594. The van der Waals surface area contributed by atoms with E-state index in [4.69, 9.17) is 17.3 Å². The minimum atomic E-state index is -3.47. The first-order valence-corrected chi connectivity index (χ1v) is 8.19. The molecule has 0 atom stereocenters. The van der Waals surface area contributed by atoms with Crippen LogP contribution in [0.4, 0.5) is 5.69 Å². The van der Waals surface area contributed by atoms with Crippen LogP contribution in [0.3, 0.4) is 0 Å². The van der Waals surface area contributed by atoms with Gasteiger partial charge in [0.15, 0.2) is 9.84 Å². The summed E-state index contributed by atoms with van der Waals surface area (Å²) < 4.78 is 24.7. The van der Waals surface area contributed by atoms with Gasteiger partial charge in [-0.05, 0) is 42.5 Å². The second-order valence-electron chi connectivity index (χ2n) is 4.67. The summed E-state index contributed by atoms with van der Waals surface area (Å²) in [5.74, 6) is 0.175. The molecule has 21 heavy (non-hydrogen) atoms. The van der Waals surface area contributed by atoms with Crippen LogP contribution in [0, 0.1) is 0 Å². The number of nitrogen functional groups attached to an aromatic ring is 1. The Morgan fingerprint density at radius 2 is 1.86 bits per heavy atom. The van der Waals surface area contributed by atoms with Crippen molar-refractivity contribution >= 4 is 38.2 Å². The average molecular weight is 322 g/mol. The third kappa shape index (κ3) is 2.86. The van der Waals surface area contributed by atoms with Crippen molar-refractivity contribution in [2.24, 2.45) is 0 Å². The number of halogens is 1. The van der Waals surface area contributed by atoms with E-state index >= 15 is 0 Å². The number of anilines is 1. The van der Waals surface area contributed by atoms with E-state index in [1.165, 1.54) is 12.1 Å². The van der Waals surface area contributed by atoms with E-state index in [-0.39, 0.29) is 10.6 Å². The summed E-state index contributed by atoms with van der Waals surface area (Å²) in [6.07, 6.45) is 0. The third-order valence-electron chi connectivity index (χ3n) is 3.05. The third-order valence-corrected chi connectivity index (χ3v) is 4.95. The van der Waals surface area contributed by atoms with Gasteiger partial charge in [0.05, 0.1) is 15.9 Å². The number of aromatic amines is 1. The molecule has 108 valence electrons. The maximum Gasteiger partial charge on any atom is 0.185 e. The van der Waals surface area contributed by atoms with Gasteiger partial charge in [0, 0.05) is 10.7 Å². The molecule has 0 fully saturated rings. The van der Waals surface area contributed by atoms with Crippen molar-refractivity contribution in [1.29, 1.82) is 0 Å². The molecule has 0 amide bonds. The molecule has 0 radical (unpaired) electrons.